The number of rotatable bonds is 7. The number of nitrogens with one attached hydrogen (secondary N) is 3. The monoisotopic (exact) mass is 397 g/mol. The van der Waals surface area contributed by atoms with Crippen LogP contribution in [0.25, 0.3) is 0 Å². The first-order valence-electron chi connectivity index (χ1n) is 8.08. The zero-order valence-electron chi connectivity index (χ0n) is 14.8. The van der Waals surface area contributed by atoms with Gasteiger partial charge in [-0.15, -0.1) is 0 Å². The summed E-state index contributed by atoms with van der Waals surface area (Å²) in [6, 6.07) is 4.34. The first-order valence-corrected chi connectivity index (χ1v) is 10.0. The number of amidine groups is 1. The fourth-order valence-electron chi connectivity index (χ4n) is 2.68. The van der Waals surface area contributed by atoms with Gasteiger partial charge in [-0.2, -0.15) is 0 Å². The summed E-state index contributed by atoms with van der Waals surface area (Å²) in [5.41, 5.74) is 1.97. The Morgan fingerprint density at radius 3 is 3.04 bits per heavy atom. The first-order chi connectivity index (χ1) is 12.8. The molecule has 4 N–H and O–H groups in total. The van der Waals surface area contributed by atoms with Crippen molar-refractivity contribution < 1.29 is 18.4 Å². The summed E-state index contributed by atoms with van der Waals surface area (Å²) in [6.07, 6.45) is 1.98. The van der Waals surface area contributed by atoms with Crippen molar-refractivity contribution in [3.63, 3.8) is 0 Å². The lowest BCUT2D eigenvalue weighted by Crippen LogP contribution is -2.37. The second kappa shape index (κ2) is 7.48. The standard InChI is InChI=1S/C15H20FN7O3S/c1-23(27(2,17)25)6-5-18-14-13(21-26-22-14)15(20-24)19-12-7-9-3-4-10(16)8-11(9)12/h3-4,8,12,17,24H,5-7H2,1-2H3,(H,18,22)(H,19,20)/t12-,27?/m0/s1. The van der Waals surface area contributed by atoms with Gasteiger partial charge in [0, 0.05) is 26.4 Å². The van der Waals surface area contributed by atoms with Crippen molar-refractivity contribution in [3.8, 4) is 0 Å². The van der Waals surface area contributed by atoms with E-state index in [-0.39, 0.29) is 29.2 Å². The summed E-state index contributed by atoms with van der Waals surface area (Å²) in [5.74, 6) is -0.0684. The van der Waals surface area contributed by atoms with Gasteiger partial charge >= 0.3 is 0 Å². The molecule has 2 atom stereocenters. The summed E-state index contributed by atoms with van der Waals surface area (Å²) in [5, 5.41) is 26.0. The van der Waals surface area contributed by atoms with E-state index in [1.807, 2.05) is 0 Å². The molecule has 12 heteroatoms. The van der Waals surface area contributed by atoms with Gasteiger partial charge in [0.2, 0.25) is 5.82 Å². The molecule has 1 aliphatic carbocycles. The van der Waals surface area contributed by atoms with Crippen LogP contribution in [0.2, 0.25) is 0 Å². The predicted molar refractivity (Wildman–Crippen MR) is 96.5 cm³/mol. The van der Waals surface area contributed by atoms with Gasteiger partial charge in [-0.3, -0.25) is 0 Å². The minimum atomic E-state index is -2.79. The van der Waals surface area contributed by atoms with Crippen LogP contribution in [0.1, 0.15) is 22.9 Å². The van der Waals surface area contributed by atoms with Crippen LogP contribution in [0.5, 0.6) is 0 Å². The first kappa shape index (κ1) is 19.0. The van der Waals surface area contributed by atoms with Gasteiger partial charge in [0.15, 0.2) is 11.5 Å². The molecule has 1 aliphatic rings. The maximum Gasteiger partial charge on any atom is 0.202 e. The van der Waals surface area contributed by atoms with Gasteiger partial charge in [-0.25, -0.2) is 22.3 Å². The quantitative estimate of drug-likeness (QED) is 0.238. The van der Waals surface area contributed by atoms with Crippen molar-refractivity contribution in [2.75, 3.05) is 31.7 Å². The SMILES string of the molecule is CN(CCNc1nonc1/C(=N\O)N[C@H]1Cc2ccc(F)cc21)S(C)(=N)=O. The van der Waals surface area contributed by atoms with Crippen molar-refractivity contribution in [1.82, 2.24) is 19.9 Å². The average molecular weight is 397 g/mol. The molecular weight excluding hydrogens is 377 g/mol. The number of benzene rings is 1. The van der Waals surface area contributed by atoms with Crippen LogP contribution >= 0.6 is 0 Å². The van der Waals surface area contributed by atoms with Gasteiger partial charge in [-0.05, 0) is 40.0 Å². The van der Waals surface area contributed by atoms with Gasteiger partial charge in [0.1, 0.15) is 15.7 Å². The molecule has 1 heterocycles. The van der Waals surface area contributed by atoms with Crippen LogP contribution in [0.4, 0.5) is 10.2 Å². The lowest BCUT2D eigenvalue weighted by molar-refractivity contribution is 0.303. The van der Waals surface area contributed by atoms with E-state index in [0.717, 1.165) is 11.1 Å². The molecule has 1 aromatic carbocycles. The zero-order valence-corrected chi connectivity index (χ0v) is 15.6. The zero-order chi connectivity index (χ0) is 19.6. The molecule has 2 aromatic rings. The number of aromatic nitrogens is 2. The van der Waals surface area contributed by atoms with Gasteiger partial charge in [-0.1, -0.05) is 11.2 Å². The van der Waals surface area contributed by atoms with E-state index >= 15 is 0 Å². The number of hydrogen-bond acceptors (Lipinski definition) is 8. The molecule has 1 unspecified atom stereocenters. The lowest BCUT2D eigenvalue weighted by atomic mass is 9.83. The molecule has 0 saturated heterocycles. The van der Waals surface area contributed by atoms with Crippen LogP contribution in [0, 0.1) is 10.6 Å². The predicted octanol–water partition coefficient (Wildman–Crippen LogP) is 1.17. The van der Waals surface area contributed by atoms with Crippen LogP contribution < -0.4 is 10.6 Å². The molecule has 0 aliphatic heterocycles. The highest BCUT2D eigenvalue weighted by Crippen LogP contribution is 2.33. The fraction of sp³-hybridized carbons (Fsp3) is 0.400. The average Bonchev–Trinajstić information content (AvgIpc) is 3.05. The van der Waals surface area contributed by atoms with Gasteiger partial charge in [0.25, 0.3) is 0 Å². The Morgan fingerprint density at radius 2 is 2.33 bits per heavy atom. The Bertz CT molecular complexity index is 960. The molecule has 0 radical (unpaired) electrons. The maximum absolute atomic E-state index is 13.4. The van der Waals surface area contributed by atoms with E-state index in [1.165, 1.54) is 22.7 Å². The highest BCUT2D eigenvalue weighted by atomic mass is 32.2. The number of hydrogen-bond donors (Lipinski definition) is 4. The Balaban J connectivity index is 1.65. The van der Waals surface area contributed by atoms with Gasteiger partial charge < -0.3 is 15.8 Å². The van der Waals surface area contributed by atoms with Crippen LogP contribution in [0.3, 0.4) is 0 Å². The Labute approximate surface area is 155 Å². The van der Waals surface area contributed by atoms with Crippen LogP contribution in [-0.4, -0.2) is 56.3 Å². The third-order valence-electron chi connectivity index (χ3n) is 4.35. The minimum absolute atomic E-state index is 0.0341. The van der Waals surface area contributed by atoms with E-state index in [4.69, 9.17) is 9.41 Å². The summed E-state index contributed by atoms with van der Waals surface area (Å²) in [4.78, 5) is 0. The van der Waals surface area contributed by atoms with Crippen molar-refractivity contribution in [2.45, 2.75) is 12.5 Å². The van der Waals surface area contributed by atoms with Crippen LogP contribution in [-0.2, 0) is 16.3 Å². The summed E-state index contributed by atoms with van der Waals surface area (Å²) < 4.78 is 38.6. The third kappa shape index (κ3) is 4.17. The number of anilines is 1. The Hall–Kier alpha value is -2.73. The molecular formula is C15H20FN7O3S. The number of oxime groups is 1. The molecule has 10 nitrogen and oxygen atoms in total. The second-order valence-corrected chi connectivity index (χ2v) is 8.46. The molecule has 3 rings (SSSR count). The normalized spacial score (nSPS) is 18.5. The molecule has 0 spiro atoms. The van der Waals surface area contributed by atoms with E-state index < -0.39 is 9.92 Å². The van der Waals surface area contributed by atoms with E-state index in [1.54, 1.807) is 13.1 Å². The number of nitrogens with zero attached hydrogens (tertiary/aromatic N) is 4. The van der Waals surface area contributed by atoms with Gasteiger partial charge in [0.05, 0.1) is 6.04 Å². The highest BCUT2D eigenvalue weighted by Gasteiger charge is 2.29. The van der Waals surface area contributed by atoms with Crippen molar-refractivity contribution in [3.05, 3.63) is 40.8 Å². The molecule has 0 bridgehead atoms. The molecule has 1 aromatic heterocycles. The number of likely N-dealkylation sites (N-methyl/N-ethyl adjacent to an activating group) is 1. The maximum atomic E-state index is 13.4. The minimum Gasteiger partial charge on any atom is -0.409 e. The van der Waals surface area contributed by atoms with Crippen molar-refractivity contribution in [2.24, 2.45) is 5.16 Å². The highest BCUT2D eigenvalue weighted by molar-refractivity contribution is 7.89. The molecule has 0 amide bonds. The van der Waals surface area contributed by atoms with E-state index in [9.17, 15) is 13.8 Å². The Kier molecular flexibility index (Phi) is 5.28. The lowest BCUT2D eigenvalue weighted by Gasteiger charge is -2.31. The molecule has 146 valence electrons. The topological polar surface area (TPSA) is 140 Å². The molecule has 0 fully saturated rings. The largest absolute Gasteiger partial charge is 0.409 e. The smallest absolute Gasteiger partial charge is 0.202 e. The molecule has 0 saturated carbocycles. The van der Waals surface area contributed by atoms with E-state index in [0.29, 0.717) is 19.5 Å². The summed E-state index contributed by atoms with van der Waals surface area (Å²) in [7, 11) is -1.21. The number of halogens is 1. The Morgan fingerprint density at radius 1 is 1.56 bits per heavy atom. The summed E-state index contributed by atoms with van der Waals surface area (Å²) >= 11 is 0. The molecule has 27 heavy (non-hydrogen) atoms. The second-order valence-electron chi connectivity index (χ2n) is 6.24. The third-order valence-corrected chi connectivity index (χ3v) is 5.72. The van der Waals surface area contributed by atoms with E-state index in [2.05, 4.69) is 26.1 Å². The fourth-order valence-corrected chi connectivity index (χ4v) is 3.12. The van der Waals surface area contributed by atoms with Crippen molar-refractivity contribution >= 4 is 21.6 Å². The summed E-state index contributed by atoms with van der Waals surface area (Å²) in [6.45, 7) is 0.636. The number of fused-ring (bicyclic) bond motifs is 1. The van der Waals surface area contributed by atoms with Crippen molar-refractivity contribution in [1.29, 1.82) is 4.78 Å². The van der Waals surface area contributed by atoms with Crippen LogP contribution in [0.15, 0.2) is 28.0 Å².